The van der Waals surface area contributed by atoms with Crippen molar-refractivity contribution in [2.24, 2.45) is 5.92 Å². The minimum Gasteiger partial charge on any atom is -0.322 e. The fraction of sp³-hybridized carbons (Fsp3) is 0.818. The van der Waals surface area contributed by atoms with Gasteiger partial charge in [-0.05, 0) is 18.8 Å². The zero-order chi connectivity index (χ0) is 10.8. The minimum absolute atomic E-state index is 0.131. The van der Waals surface area contributed by atoms with Crippen LogP contribution in [0.15, 0.2) is 0 Å². The molecule has 82 valence electrons. The van der Waals surface area contributed by atoms with Gasteiger partial charge in [0.05, 0.1) is 12.6 Å². The summed E-state index contributed by atoms with van der Waals surface area (Å²) in [5.41, 5.74) is 0. The van der Waals surface area contributed by atoms with Crippen molar-refractivity contribution >= 4 is 6.03 Å². The second kappa shape index (κ2) is 4.09. The number of carbonyl (C=O) groups excluding carboxylic acids is 1. The molecule has 4 nitrogen and oxygen atoms in total. The maximum atomic E-state index is 11.6. The summed E-state index contributed by atoms with van der Waals surface area (Å²) >= 11 is 0. The van der Waals surface area contributed by atoms with E-state index in [1.807, 2.05) is 13.2 Å². The van der Waals surface area contributed by atoms with Crippen molar-refractivity contribution in [2.75, 3.05) is 13.6 Å². The number of urea groups is 1. The van der Waals surface area contributed by atoms with Crippen LogP contribution in [0.2, 0.25) is 0 Å². The Kier molecular flexibility index (Phi) is 2.81. The molecule has 0 radical (unpaired) electrons. The summed E-state index contributed by atoms with van der Waals surface area (Å²) < 4.78 is 0. The molecule has 1 saturated carbocycles. The number of nitrogens with zero attached hydrogens (tertiary/aromatic N) is 3. The van der Waals surface area contributed by atoms with E-state index in [2.05, 4.69) is 0 Å². The lowest BCUT2D eigenvalue weighted by molar-refractivity contribution is 0.182. The average molecular weight is 207 g/mol. The van der Waals surface area contributed by atoms with Crippen molar-refractivity contribution in [1.82, 2.24) is 9.80 Å². The van der Waals surface area contributed by atoms with Crippen molar-refractivity contribution in [3.05, 3.63) is 0 Å². The molecule has 1 unspecified atom stereocenters. The molecule has 1 aliphatic heterocycles. The molecule has 0 aromatic rings. The first kappa shape index (κ1) is 10.3. The molecule has 15 heavy (non-hydrogen) atoms. The number of carbonyl (C=O) groups is 1. The van der Waals surface area contributed by atoms with Crippen molar-refractivity contribution in [3.8, 4) is 6.19 Å². The van der Waals surface area contributed by atoms with Gasteiger partial charge < -0.3 is 4.90 Å². The summed E-state index contributed by atoms with van der Waals surface area (Å²) in [5.74, 6) is 0.603. The van der Waals surface area contributed by atoms with E-state index in [-0.39, 0.29) is 12.1 Å². The van der Waals surface area contributed by atoms with Gasteiger partial charge in [0, 0.05) is 7.05 Å². The lowest BCUT2D eigenvalue weighted by Gasteiger charge is -2.30. The molecule has 0 N–H and O–H groups in total. The lowest BCUT2D eigenvalue weighted by atomic mass is 9.84. The summed E-state index contributed by atoms with van der Waals surface area (Å²) in [5, 5.41) is 8.80. The third-order valence-electron chi connectivity index (χ3n) is 3.71. The van der Waals surface area contributed by atoms with Crippen molar-refractivity contribution < 1.29 is 4.79 Å². The molecule has 1 heterocycles. The van der Waals surface area contributed by atoms with Crippen LogP contribution in [0.1, 0.15) is 32.1 Å². The maximum absolute atomic E-state index is 11.6. The lowest BCUT2D eigenvalue weighted by Crippen LogP contribution is -2.36. The van der Waals surface area contributed by atoms with Gasteiger partial charge in [-0.2, -0.15) is 5.26 Å². The first-order chi connectivity index (χ1) is 7.24. The van der Waals surface area contributed by atoms with E-state index in [9.17, 15) is 4.79 Å². The molecule has 1 aliphatic carbocycles. The van der Waals surface area contributed by atoms with Gasteiger partial charge in [-0.1, -0.05) is 19.3 Å². The Labute approximate surface area is 90.5 Å². The van der Waals surface area contributed by atoms with Crippen LogP contribution in [0.5, 0.6) is 0 Å². The highest BCUT2D eigenvalue weighted by atomic mass is 16.2. The molecule has 2 aliphatic rings. The van der Waals surface area contributed by atoms with Crippen LogP contribution in [-0.2, 0) is 0 Å². The van der Waals surface area contributed by atoms with E-state index in [1.165, 1.54) is 37.0 Å². The van der Waals surface area contributed by atoms with Gasteiger partial charge in [-0.25, -0.2) is 9.69 Å². The minimum atomic E-state index is -0.131. The molecule has 0 spiro atoms. The predicted molar refractivity (Wildman–Crippen MR) is 55.8 cm³/mol. The molecule has 4 heteroatoms. The number of nitriles is 1. The highest BCUT2D eigenvalue weighted by Gasteiger charge is 2.39. The Morgan fingerprint density at radius 2 is 2.00 bits per heavy atom. The van der Waals surface area contributed by atoms with E-state index in [4.69, 9.17) is 5.26 Å². The summed E-state index contributed by atoms with van der Waals surface area (Å²) in [6.07, 6.45) is 8.24. The second-order valence-corrected chi connectivity index (χ2v) is 4.57. The number of likely N-dealkylation sites (N-methyl/N-ethyl adjacent to an activating group) is 1. The quantitative estimate of drug-likeness (QED) is 0.615. The predicted octanol–water partition coefficient (Wildman–Crippen LogP) is 1.78. The van der Waals surface area contributed by atoms with Crippen LogP contribution in [0, 0.1) is 17.4 Å². The molecule has 0 aromatic heterocycles. The molecule has 0 bridgehead atoms. The summed E-state index contributed by atoms with van der Waals surface area (Å²) in [6.45, 7) is 0.594. The third kappa shape index (κ3) is 1.79. The Balaban J connectivity index is 2.04. The SMILES string of the molecule is CN1C(=O)N(C#N)CC1C1CCCCC1. The molecule has 2 amide bonds. The molecule has 1 saturated heterocycles. The van der Waals surface area contributed by atoms with E-state index < -0.39 is 0 Å². The molecule has 1 atom stereocenters. The van der Waals surface area contributed by atoms with Crippen LogP contribution >= 0.6 is 0 Å². The molecule has 0 aromatic carbocycles. The topological polar surface area (TPSA) is 47.3 Å². The Bertz CT molecular complexity index is 291. The number of rotatable bonds is 1. The smallest absolute Gasteiger partial charge is 0.322 e. The normalized spacial score (nSPS) is 28.3. The van der Waals surface area contributed by atoms with E-state index in [0.717, 1.165) is 0 Å². The van der Waals surface area contributed by atoms with Gasteiger partial charge in [-0.3, -0.25) is 0 Å². The Morgan fingerprint density at radius 1 is 1.33 bits per heavy atom. The molecule has 2 rings (SSSR count). The van der Waals surface area contributed by atoms with Crippen LogP contribution in [0.4, 0.5) is 4.79 Å². The number of hydrogen-bond donors (Lipinski definition) is 0. The third-order valence-corrected chi connectivity index (χ3v) is 3.71. The summed E-state index contributed by atoms with van der Waals surface area (Å²) in [4.78, 5) is 14.6. The van der Waals surface area contributed by atoms with Gasteiger partial charge in [0.2, 0.25) is 0 Å². The monoisotopic (exact) mass is 207 g/mol. The zero-order valence-corrected chi connectivity index (χ0v) is 9.15. The van der Waals surface area contributed by atoms with Gasteiger partial charge in [-0.15, -0.1) is 0 Å². The largest absolute Gasteiger partial charge is 0.333 e. The van der Waals surface area contributed by atoms with Crippen molar-refractivity contribution in [1.29, 1.82) is 5.26 Å². The summed E-state index contributed by atoms with van der Waals surface area (Å²) in [7, 11) is 1.82. The van der Waals surface area contributed by atoms with Gasteiger partial charge >= 0.3 is 6.03 Å². The van der Waals surface area contributed by atoms with Crippen LogP contribution in [-0.4, -0.2) is 35.5 Å². The van der Waals surface area contributed by atoms with Crippen molar-refractivity contribution in [2.45, 2.75) is 38.1 Å². The highest BCUT2D eigenvalue weighted by Crippen LogP contribution is 2.31. The van der Waals surface area contributed by atoms with E-state index >= 15 is 0 Å². The zero-order valence-electron chi connectivity index (χ0n) is 9.15. The first-order valence-corrected chi connectivity index (χ1v) is 5.68. The average Bonchev–Trinajstić information content (AvgIpc) is 2.57. The fourth-order valence-electron chi connectivity index (χ4n) is 2.79. The van der Waals surface area contributed by atoms with E-state index in [0.29, 0.717) is 12.5 Å². The van der Waals surface area contributed by atoms with Gasteiger partial charge in [0.25, 0.3) is 0 Å². The van der Waals surface area contributed by atoms with E-state index in [1.54, 1.807) is 4.90 Å². The Morgan fingerprint density at radius 3 is 2.53 bits per heavy atom. The van der Waals surface area contributed by atoms with Crippen LogP contribution in [0.3, 0.4) is 0 Å². The van der Waals surface area contributed by atoms with Gasteiger partial charge in [0.1, 0.15) is 0 Å². The second-order valence-electron chi connectivity index (χ2n) is 4.57. The highest BCUT2D eigenvalue weighted by molar-refractivity contribution is 5.78. The van der Waals surface area contributed by atoms with Crippen LogP contribution in [0.25, 0.3) is 0 Å². The fourth-order valence-corrected chi connectivity index (χ4v) is 2.79. The molecular weight excluding hydrogens is 190 g/mol. The summed E-state index contributed by atoms with van der Waals surface area (Å²) in [6, 6.07) is 0.130. The Hall–Kier alpha value is -1.24. The van der Waals surface area contributed by atoms with Gasteiger partial charge in [0.15, 0.2) is 6.19 Å². The maximum Gasteiger partial charge on any atom is 0.333 e. The standard InChI is InChI=1S/C11H17N3O/c1-13-10(7-14(8-12)11(13)15)9-5-3-2-4-6-9/h9-10H,2-7H2,1H3. The number of amides is 2. The number of hydrogen-bond acceptors (Lipinski definition) is 2. The molecule has 2 fully saturated rings. The first-order valence-electron chi connectivity index (χ1n) is 5.68. The van der Waals surface area contributed by atoms with Crippen molar-refractivity contribution in [3.63, 3.8) is 0 Å². The molecular formula is C11H17N3O. The van der Waals surface area contributed by atoms with Crippen LogP contribution < -0.4 is 0 Å².